The van der Waals surface area contributed by atoms with Crippen LogP contribution in [-0.2, 0) is 4.74 Å². The maximum Gasteiger partial charge on any atom is 0.157 e. The Morgan fingerprint density at radius 1 is 1.17 bits per heavy atom. The van der Waals surface area contributed by atoms with Crippen molar-refractivity contribution in [2.24, 2.45) is 0 Å². The summed E-state index contributed by atoms with van der Waals surface area (Å²) < 4.78 is 20.5. The molecular weight excluding hydrogens is 293 g/mol. The van der Waals surface area contributed by atoms with Crippen LogP contribution >= 0.6 is 0 Å². The molecule has 1 aliphatic rings. The molecule has 4 rings (SSSR count). The molecule has 0 spiro atoms. The van der Waals surface area contributed by atoms with Gasteiger partial charge >= 0.3 is 0 Å². The Labute approximate surface area is 133 Å². The van der Waals surface area contributed by atoms with Gasteiger partial charge in [-0.25, -0.2) is 13.9 Å². The lowest BCUT2D eigenvalue weighted by Crippen LogP contribution is -2.15. The van der Waals surface area contributed by atoms with Crippen LogP contribution < -0.4 is 0 Å². The summed E-state index contributed by atoms with van der Waals surface area (Å²) in [6.45, 7) is 3.54. The van der Waals surface area contributed by atoms with E-state index in [0.717, 1.165) is 48.7 Å². The fourth-order valence-corrected chi connectivity index (χ4v) is 3.19. The highest BCUT2D eigenvalue weighted by molar-refractivity contribution is 5.63. The maximum absolute atomic E-state index is 13.2. The number of aryl methyl sites for hydroxylation is 1. The Bertz CT molecular complexity index is 835. The van der Waals surface area contributed by atoms with Gasteiger partial charge < -0.3 is 4.74 Å². The zero-order chi connectivity index (χ0) is 15.8. The first-order valence-electron chi connectivity index (χ1n) is 7.91. The van der Waals surface area contributed by atoms with Gasteiger partial charge in [0.1, 0.15) is 5.82 Å². The SMILES string of the molecule is Cc1cn2nc(-c3ccc(F)cc3)cc(C3CCOCC3)c2n1. The molecule has 118 valence electrons. The predicted molar refractivity (Wildman–Crippen MR) is 85.9 cm³/mol. The van der Waals surface area contributed by atoms with E-state index in [1.54, 1.807) is 12.1 Å². The highest BCUT2D eigenvalue weighted by Gasteiger charge is 2.21. The molecule has 0 bridgehead atoms. The number of aromatic nitrogens is 3. The van der Waals surface area contributed by atoms with Crippen LogP contribution in [0.1, 0.15) is 30.0 Å². The summed E-state index contributed by atoms with van der Waals surface area (Å²) in [6.07, 6.45) is 3.92. The van der Waals surface area contributed by atoms with Gasteiger partial charge in [0, 0.05) is 24.3 Å². The summed E-state index contributed by atoms with van der Waals surface area (Å²) in [6, 6.07) is 8.57. The Hall–Kier alpha value is -2.27. The topological polar surface area (TPSA) is 39.4 Å². The van der Waals surface area contributed by atoms with Gasteiger partial charge in [0.15, 0.2) is 5.65 Å². The molecule has 0 amide bonds. The number of benzene rings is 1. The average Bonchev–Trinajstić information content (AvgIpc) is 2.95. The highest BCUT2D eigenvalue weighted by Crippen LogP contribution is 2.32. The van der Waals surface area contributed by atoms with E-state index in [0.29, 0.717) is 5.92 Å². The molecule has 1 fully saturated rings. The number of halogens is 1. The fraction of sp³-hybridized carbons (Fsp3) is 0.333. The van der Waals surface area contributed by atoms with E-state index in [-0.39, 0.29) is 5.82 Å². The third-order valence-corrected chi connectivity index (χ3v) is 4.38. The van der Waals surface area contributed by atoms with Crippen molar-refractivity contribution in [1.29, 1.82) is 0 Å². The van der Waals surface area contributed by atoms with Crippen molar-refractivity contribution in [2.45, 2.75) is 25.7 Å². The second-order valence-corrected chi connectivity index (χ2v) is 6.03. The normalized spacial score (nSPS) is 16.1. The van der Waals surface area contributed by atoms with Crippen LogP contribution in [0, 0.1) is 12.7 Å². The van der Waals surface area contributed by atoms with Gasteiger partial charge in [0.05, 0.1) is 17.6 Å². The van der Waals surface area contributed by atoms with Crippen molar-refractivity contribution in [3.63, 3.8) is 0 Å². The average molecular weight is 311 g/mol. The zero-order valence-corrected chi connectivity index (χ0v) is 13.0. The molecule has 5 heteroatoms. The summed E-state index contributed by atoms with van der Waals surface area (Å²) >= 11 is 0. The van der Waals surface area contributed by atoms with Crippen molar-refractivity contribution < 1.29 is 9.13 Å². The quantitative estimate of drug-likeness (QED) is 0.724. The second kappa shape index (κ2) is 5.74. The molecule has 23 heavy (non-hydrogen) atoms. The van der Waals surface area contributed by atoms with E-state index in [1.807, 2.05) is 17.6 Å². The molecule has 0 unspecified atom stereocenters. The smallest absolute Gasteiger partial charge is 0.157 e. The lowest BCUT2D eigenvalue weighted by Gasteiger charge is -2.23. The van der Waals surface area contributed by atoms with Gasteiger partial charge in [-0.05, 0) is 56.0 Å². The van der Waals surface area contributed by atoms with E-state index in [2.05, 4.69) is 16.1 Å². The van der Waals surface area contributed by atoms with Crippen LogP contribution in [0.15, 0.2) is 36.5 Å². The molecule has 1 aliphatic heterocycles. The first-order valence-corrected chi connectivity index (χ1v) is 7.91. The Morgan fingerprint density at radius 2 is 1.91 bits per heavy atom. The van der Waals surface area contributed by atoms with E-state index >= 15 is 0 Å². The Morgan fingerprint density at radius 3 is 2.65 bits per heavy atom. The van der Waals surface area contributed by atoms with Crippen LogP contribution in [0.2, 0.25) is 0 Å². The standard InChI is InChI=1S/C18H18FN3O/c1-12-11-22-18(20-12)16(13-6-8-23-9-7-13)10-17(21-22)14-2-4-15(19)5-3-14/h2-5,10-11,13H,6-9H2,1H3. The number of hydrogen-bond acceptors (Lipinski definition) is 3. The van der Waals surface area contributed by atoms with E-state index in [1.165, 1.54) is 17.7 Å². The van der Waals surface area contributed by atoms with Gasteiger partial charge in [0.25, 0.3) is 0 Å². The minimum Gasteiger partial charge on any atom is -0.381 e. The van der Waals surface area contributed by atoms with Gasteiger partial charge in [-0.15, -0.1) is 0 Å². The number of hydrogen-bond donors (Lipinski definition) is 0. The molecule has 0 saturated carbocycles. The monoisotopic (exact) mass is 311 g/mol. The summed E-state index contributed by atoms with van der Waals surface area (Å²) in [5.41, 5.74) is 4.82. The Balaban J connectivity index is 1.87. The molecular formula is C18H18FN3O. The van der Waals surface area contributed by atoms with Crippen LogP contribution in [0.4, 0.5) is 4.39 Å². The fourth-order valence-electron chi connectivity index (χ4n) is 3.19. The molecule has 1 saturated heterocycles. The van der Waals surface area contributed by atoms with E-state index in [9.17, 15) is 4.39 Å². The second-order valence-electron chi connectivity index (χ2n) is 6.03. The number of fused-ring (bicyclic) bond motifs is 1. The summed E-state index contributed by atoms with van der Waals surface area (Å²) in [7, 11) is 0. The number of nitrogens with zero attached hydrogens (tertiary/aromatic N) is 3. The maximum atomic E-state index is 13.2. The molecule has 2 aromatic heterocycles. The minimum atomic E-state index is -0.238. The highest BCUT2D eigenvalue weighted by atomic mass is 19.1. The molecule has 0 N–H and O–H groups in total. The number of ether oxygens (including phenoxy) is 1. The van der Waals surface area contributed by atoms with Crippen molar-refractivity contribution in [2.75, 3.05) is 13.2 Å². The van der Waals surface area contributed by atoms with E-state index < -0.39 is 0 Å². The van der Waals surface area contributed by atoms with Crippen LogP contribution in [0.5, 0.6) is 0 Å². The zero-order valence-electron chi connectivity index (χ0n) is 13.0. The minimum absolute atomic E-state index is 0.238. The van der Waals surface area contributed by atoms with E-state index in [4.69, 9.17) is 4.74 Å². The molecule has 0 aliphatic carbocycles. The predicted octanol–water partition coefficient (Wildman–Crippen LogP) is 3.74. The first-order chi connectivity index (χ1) is 11.2. The van der Waals surface area contributed by atoms with Crippen molar-refractivity contribution in [3.05, 3.63) is 53.6 Å². The van der Waals surface area contributed by atoms with Crippen LogP contribution in [-0.4, -0.2) is 27.8 Å². The molecule has 4 nitrogen and oxygen atoms in total. The van der Waals surface area contributed by atoms with Crippen molar-refractivity contribution in [3.8, 4) is 11.3 Å². The van der Waals surface area contributed by atoms with Crippen molar-refractivity contribution >= 4 is 5.65 Å². The molecule has 3 aromatic rings. The van der Waals surface area contributed by atoms with Gasteiger partial charge in [-0.1, -0.05) is 0 Å². The van der Waals surface area contributed by atoms with Gasteiger partial charge in [-0.3, -0.25) is 0 Å². The number of rotatable bonds is 2. The third kappa shape index (κ3) is 2.72. The van der Waals surface area contributed by atoms with Crippen LogP contribution in [0.25, 0.3) is 16.9 Å². The summed E-state index contributed by atoms with van der Waals surface area (Å²) in [5, 5.41) is 4.65. The van der Waals surface area contributed by atoms with Crippen molar-refractivity contribution in [1.82, 2.24) is 14.6 Å². The largest absolute Gasteiger partial charge is 0.381 e. The number of imidazole rings is 1. The first kappa shape index (κ1) is 14.3. The lowest BCUT2D eigenvalue weighted by molar-refractivity contribution is 0.0855. The van der Waals surface area contributed by atoms with Crippen LogP contribution in [0.3, 0.4) is 0 Å². The molecule has 3 heterocycles. The molecule has 1 aromatic carbocycles. The summed E-state index contributed by atoms with van der Waals surface area (Å²) in [4.78, 5) is 4.64. The van der Waals surface area contributed by atoms with Gasteiger partial charge in [-0.2, -0.15) is 5.10 Å². The molecule has 0 atom stereocenters. The molecule has 0 radical (unpaired) electrons. The summed E-state index contributed by atoms with van der Waals surface area (Å²) in [5.74, 6) is 0.188. The Kier molecular flexibility index (Phi) is 3.58. The lowest BCUT2D eigenvalue weighted by atomic mass is 9.91. The third-order valence-electron chi connectivity index (χ3n) is 4.38. The van der Waals surface area contributed by atoms with Gasteiger partial charge in [0.2, 0.25) is 0 Å².